The number of ketones is 1. The van der Waals surface area contributed by atoms with Gasteiger partial charge in [-0.1, -0.05) is 6.92 Å². The number of pyridine rings is 1. The first kappa shape index (κ1) is 18.1. The monoisotopic (exact) mass is 347 g/mol. The number of Topliss-reactive ketones (excluding diaryl/α,β-unsaturated/α-hetero) is 1. The van der Waals surface area contributed by atoms with Crippen molar-refractivity contribution in [2.75, 3.05) is 11.4 Å². The lowest BCUT2D eigenvalue weighted by Crippen LogP contribution is -2.35. The fraction of sp³-hybridized carbons (Fsp3) is 0.409. The average molecular weight is 347 g/mol. The Hall–Kier alpha value is -2.67. The van der Waals surface area contributed by atoms with Gasteiger partial charge in [0.25, 0.3) is 0 Å². The van der Waals surface area contributed by atoms with E-state index in [1.54, 1.807) is 6.20 Å². The van der Waals surface area contributed by atoms with Gasteiger partial charge in [-0.3, -0.25) is 9.78 Å². The summed E-state index contributed by atoms with van der Waals surface area (Å²) in [6, 6.07) is 8.77. The summed E-state index contributed by atoms with van der Waals surface area (Å²) in [6.45, 7) is 9.22. The van der Waals surface area contributed by atoms with Crippen LogP contribution >= 0.6 is 0 Å². The third-order valence-electron chi connectivity index (χ3n) is 5.12. The van der Waals surface area contributed by atoms with Gasteiger partial charge in [0, 0.05) is 42.0 Å². The van der Waals surface area contributed by atoms with Gasteiger partial charge in [0.05, 0.1) is 11.6 Å². The van der Waals surface area contributed by atoms with Gasteiger partial charge in [-0.15, -0.1) is 0 Å². The number of hydrogen-bond donors (Lipinski definition) is 0. The summed E-state index contributed by atoms with van der Waals surface area (Å²) in [6.07, 6.45) is 4.33. The number of nitriles is 1. The maximum absolute atomic E-state index is 11.9. The maximum atomic E-state index is 11.9. The zero-order valence-corrected chi connectivity index (χ0v) is 16.0. The number of aromatic nitrogens is 1. The molecule has 26 heavy (non-hydrogen) atoms. The first-order valence-corrected chi connectivity index (χ1v) is 9.30. The number of aryl methyl sites for hydroxylation is 2. The second-order valence-corrected chi connectivity index (χ2v) is 7.19. The Bertz CT molecular complexity index is 893. The summed E-state index contributed by atoms with van der Waals surface area (Å²) >= 11 is 0. The summed E-state index contributed by atoms with van der Waals surface area (Å²) < 4.78 is 0. The van der Waals surface area contributed by atoms with Crippen LogP contribution in [0.5, 0.6) is 0 Å². The van der Waals surface area contributed by atoms with Crippen LogP contribution < -0.4 is 4.90 Å². The molecule has 0 bridgehead atoms. The van der Waals surface area contributed by atoms with Crippen molar-refractivity contribution in [2.45, 2.75) is 53.0 Å². The fourth-order valence-electron chi connectivity index (χ4n) is 3.68. The van der Waals surface area contributed by atoms with Crippen molar-refractivity contribution in [3.63, 3.8) is 0 Å². The Kier molecular flexibility index (Phi) is 5.08. The standard InChI is InChI=1S/C22H25N3O/c1-5-22(26)20-9-15(4)19(13-24-20)18-10-16-7-6-8-25(14(2)3)21(16)11-17(18)12-23/h9-11,13-14H,5-8H2,1-4H3. The lowest BCUT2D eigenvalue weighted by molar-refractivity contribution is 0.0983. The third kappa shape index (κ3) is 3.22. The largest absolute Gasteiger partial charge is 0.369 e. The zero-order valence-electron chi connectivity index (χ0n) is 16.0. The van der Waals surface area contributed by atoms with Crippen LogP contribution in [-0.2, 0) is 6.42 Å². The van der Waals surface area contributed by atoms with Crippen LogP contribution in [0, 0.1) is 18.3 Å². The Labute approximate surface area is 155 Å². The molecule has 134 valence electrons. The number of carbonyl (C=O) groups is 1. The van der Waals surface area contributed by atoms with Gasteiger partial charge in [-0.2, -0.15) is 5.26 Å². The third-order valence-corrected chi connectivity index (χ3v) is 5.12. The fourth-order valence-corrected chi connectivity index (χ4v) is 3.68. The van der Waals surface area contributed by atoms with E-state index in [0.29, 0.717) is 23.7 Å². The number of benzene rings is 1. The van der Waals surface area contributed by atoms with Crippen LogP contribution in [0.3, 0.4) is 0 Å². The van der Waals surface area contributed by atoms with Crippen LogP contribution in [0.15, 0.2) is 24.4 Å². The van der Waals surface area contributed by atoms with Gasteiger partial charge in [0.15, 0.2) is 5.78 Å². The predicted octanol–water partition coefficient (Wildman–Crippen LogP) is 4.68. The van der Waals surface area contributed by atoms with E-state index in [4.69, 9.17) is 0 Å². The first-order valence-electron chi connectivity index (χ1n) is 9.30. The normalized spacial score (nSPS) is 13.5. The molecule has 0 N–H and O–H groups in total. The van der Waals surface area contributed by atoms with Crippen molar-refractivity contribution in [2.24, 2.45) is 0 Å². The molecule has 4 nitrogen and oxygen atoms in total. The lowest BCUT2D eigenvalue weighted by Gasteiger charge is -2.35. The van der Waals surface area contributed by atoms with Gasteiger partial charge in [0.2, 0.25) is 0 Å². The second-order valence-electron chi connectivity index (χ2n) is 7.19. The molecule has 0 fully saturated rings. The highest BCUT2D eigenvalue weighted by Gasteiger charge is 2.22. The van der Waals surface area contributed by atoms with Crippen LogP contribution in [0.25, 0.3) is 11.1 Å². The maximum Gasteiger partial charge on any atom is 0.180 e. The van der Waals surface area contributed by atoms with E-state index in [1.807, 2.05) is 26.0 Å². The molecule has 0 atom stereocenters. The quantitative estimate of drug-likeness (QED) is 0.753. The number of hydrogen-bond acceptors (Lipinski definition) is 4. The van der Waals surface area contributed by atoms with Gasteiger partial charge in [-0.05, 0) is 62.9 Å². The molecule has 1 aliphatic heterocycles. The van der Waals surface area contributed by atoms with Gasteiger partial charge in [0.1, 0.15) is 5.69 Å². The molecule has 1 aromatic carbocycles. The molecular formula is C22H25N3O. The van der Waals surface area contributed by atoms with Crippen LogP contribution in [0.2, 0.25) is 0 Å². The number of anilines is 1. The molecule has 0 saturated heterocycles. The van der Waals surface area contributed by atoms with E-state index >= 15 is 0 Å². The average Bonchev–Trinajstić information content (AvgIpc) is 2.65. The molecule has 0 unspecified atom stereocenters. The Morgan fingerprint density at radius 2 is 2.08 bits per heavy atom. The van der Waals surface area contributed by atoms with Crippen molar-refractivity contribution < 1.29 is 4.79 Å². The van der Waals surface area contributed by atoms with Crippen LogP contribution in [0.1, 0.15) is 60.8 Å². The topological polar surface area (TPSA) is 57.0 Å². The Balaban J connectivity index is 2.12. The molecule has 0 radical (unpaired) electrons. The predicted molar refractivity (Wildman–Crippen MR) is 105 cm³/mol. The molecule has 0 amide bonds. The minimum Gasteiger partial charge on any atom is -0.369 e. The molecule has 1 aliphatic rings. The van der Waals surface area contributed by atoms with Crippen molar-refractivity contribution in [3.05, 3.63) is 46.8 Å². The van der Waals surface area contributed by atoms with Crippen LogP contribution in [-0.4, -0.2) is 23.4 Å². The van der Waals surface area contributed by atoms with E-state index < -0.39 is 0 Å². The number of fused-ring (bicyclic) bond motifs is 1. The SMILES string of the molecule is CCC(=O)c1cc(C)c(-c2cc3c(cc2C#N)N(C(C)C)CCC3)cn1. The Morgan fingerprint density at radius 3 is 2.69 bits per heavy atom. The van der Waals surface area contributed by atoms with Crippen molar-refractivity contribution in [3.8, 4) is 17.2 Å². The number of carbonyl (C=O) groups excluding carboxylic acids is 1. The summed E-state index contributed by atoms with van der Waals surface area (Å²) in [7, 11) is 0. The summed E-state index contributed by atoms with van der Waals surface area (Å²) in [5.74, 6) is 0.0400. The van der Waals surface area contributed by atoms with E-state index in [1.165, 1.54) is 11.3 Å². The highest BCUT2D eigenvalue weighted by atomic mass is 16.1. The van der Waals surface area contributed by atoms with Crippen molar-refractivity contribution >= 4 is 11.5 Å². The van der Waals surface area contributed by atoms with E-state index in [0.717, 1.165) is 36.1 Å². The minimum atomic E-state index is 0.0400. The summed E-state index contributed by atoms with van der Waals surface area (Å²) in [5, 5.41) is 9.73. The van der Waals surface area contributed by atoms with E-state index in [2.05, 4.69) is 35.9 Å². The molecule has 2 heterocycles. The Morgan fingerprint density at radius 1 is 1.31 bits per heavy atom. The smallest absolute Gasteiger partial charge is 0.180 e. The summed E-state index contributed by atoms with van der Waals surface area (Å²) in [5.41, 5.74) is 6.44. The molecule has 0 saturated carbocycles. The molecule has 0 spiro atoms. The highest BCUT2D eigenvalue weighted by molar-refractivity contribution is 5.94. The van der Waals surface area contributed by atoms with E-state index in [9.17, 15) is 10.1 Å². The van der Waals surface area contributed by atoms with Gasteiger partial charge >= 0.3 is 0 Å². The van der Waals surface area contributed by atoms with Crippen LogP contribution in [0.4, 0.5) is 5.69 Å². The number of rotatable bonds is 4. The number of nitrogens with zero attached hydrogens (tertiary/aromatic N) is 3. The highest BCUT2D eigenvalue weighted by Crippen LogP contribution is 2.36. The molecular weight excluding hydrogens is 322 g/mol. The van der Waals surface area contributed by atoms with Gasteiger partial charge in [-0.25, -0.2) is 0 Å². The van der Waals surface area contributed by atoms with Gasteiger partial charge < -0.3 is 4.90 Å². The molecule has 4 heteroatoms. The molecule has 2 aromatic rings. The molecule has 3 rings (SSSR count). The van der Waals surface area contributed by atoms with Crippen molar-refractivity contribution in [1.29, 1.82) is 5.26 Å². The zero-order chi connectivity index (χ0) is 18.8. The first-order chi connectivity index (χ1) is 12.5. The minimum absolute atomic E-state index is 0.0400. The van der Waals surface area contributed by atoms with Crippen molar-refractivity contribution in [1.82, 2.24) is 4.98 Å². The molecule has 1 aromatic heterocycles. The second kappa shape index (κ2) is 7.29. The van der Waals surface area contributed by atoms with E-state index in [-0.39, 0.29) is 5.78 Å². The lowest BCUT2D eigenvalue weighted by atomic mass is 9.90. The summed E-state index contributed by atoms with van der Waals surface area (Å²) in [4.78, 5) is 18.6. The molecule has 0 aliphatic carbocycles.